The number of carbonyl (C=O) groups is 1. The molecule has 1 amide bonds. The van der Waals surface area contributed by atoms with Crippen LogP contribution in [0.2, 0.25) is 0 Å². The predicted octanol–water partition coefficient (Wildman–Crippen LogP) is 4.00. The summed E-state index contributed by atoms with van der Waals surface area (Å²) in [5, 5.41) is 3.70. The normalized spacial score (nSPS) is 10.5. The van der Waals surface area contributed by atoms with Crippen molar-refractivity contribution in [2.45, 2.75) is 13.3 Å². The molecule has 28 heavy (non-hydrogen) atoms. The number of nitrogens with one attached hydrogen (secondary N) is 1. The molecule has 7 heteroatoms. The molecule has 0 aliphatic carbocycles. The Bertz CT molecular complexity index is 924. The average Bonchev–Trinajstić information content (AvgIpc) is 3.08. The number of aromatic nitrogens is 1. The molecule has 146 valence electrons. The van der Waals surface area contributed by atoms with E-state index in [1.807, 2.05) is 6.92 Å². The summed E-state index contributed by atoms with van der Waals surface area (Å²) in [7, 11) is 1.59. The average molecular weight is 400 g/mol. The van der Waals surface area contributed by atoms with Gasteiger partial charge in [0.05, 0.1) is 12.8 Å². The van der Waals surface area contributed by atoms with Crippen molar-refractivity contribution in [3.05, 3.63) is 64.9 Å². The van der Waals surface area contributed by atoms with Crippen molar-refractivity contribution in [2.24, 2.45) is 0 Å². The van der Waals surface area contributed by atoms with Gasteiger partial charge in [-0.05, 0) is 55.5 Å². The Kier molecular flexibility index (Phi) is 6.60. The first-order valence-electron chi connectivity index (χ1n) is 8.81. The van der Waals surface area contributed by atoms with E-state index in [9.17, 15) is 9.18 Å². The Morgan fingerprint density at radius 1 is 1.11 bits per heavy atom. The van der Waals surface area contributed by atoms with Crippen LogP contribution >= 0.6 is 11.3 Å². The number of amides is 1. The fourth-order valence-corrected chi connectivity index (χ4v) is 3.63. The van der Waals surface area contributed by atoms with Crippen LogP contribution in [0.3, 0.4) is 0 Å². The molecule has 5 nitrogen and oxygen atoms in total. The van der Waals surface area contributed by atoms with Gasteiger partial charge in [0.25, 0.3) is 5.91 Å². The number of hydrogen-bond acceptors (Lipinski definition) is 5. The first-order chi connectivity index (χ1) is 13.5. The van der Waals surface area contributed by atoms with Crippen LogP contribution in [0.1, 0.15) is 10.6 Å². The first-order valence-corrected chi connectivity index (χ1v) is 9.62. The minimum atomic E-state index is -0.267. The number of ether oxygens (including phenoxy) is 2. The first kappa shape index (κ1) is 19.8. The van der Waals surface area contributed by atoms with Gasteiger partial charge in [0.2, 0.25) is 0 Å². The maximum Gasteiger partial charge on any atom is 0.257 e. The van der Waals surface area contributed by atoms with Crippen LogP contribution in [-0.4, -0.2) is 31.2 Å². The van der Waals surface area contributed by atoms with E-state index in [4.69, 9.17) is 9.47 Å². The van der Waals surface area contributed by atoms with Crippen molar-refractivity contribution in [1.29, 1.82) is 0 Å². The molecule has 0 saturated heterocycles. The van der Waals surface area contributed by atoms with Crippen molar-refractivity contribution in [3.8, 4) is 22.1 Å². The van der Waals surface area contributed by atoms with E-state index in [1.54, 1.807) is 54.8 Å². The topological polar surface area (TPSA) is 60.5 Å². The minimum absolute atomic E-state index is 0.0468. The summed E-state index contributed by atoms with van der Waals surface area (Å²) < 4.78 is 23.6. The van der Waals surface area contributed by atoms with Crippen molar-refractivity contribution >= 4 is 17.2 Å². The number of nitrogens with zero attached hydrogens (tertiary/aromatic N) is 1. The molecule has 2 aromatic carbocycles. The summed E-state index contributed by atoms with van der Waals surface area (Å²) in [5.74, 6) is 0.892. The highest BCUT2D eigenvalue weighted by atomic mass is 32.1. The van der Waals surface area contributed by atoms with Gasteiger partial charge in [0.1, 0.15) is 22.3 Å². The maximum absolute atomic E-state index is 13.1. The lowest BCUT2D eigenvalue weighted by Gasteiger charge is -2.08. The van der Waals surface area contributed by atoms with Gasteiger partial charge in [0, 0.05) is 23.4 Å². The summed E-state index contributed by atoms with van der Waals surface area (Å²) in [5.41, 5.74) is 1.81. The molecule has 0 unspecified atom stereocenters. The van der Waals surface area contributed by atoms with Crippen molar-refractivity contribution in [3.63, 3.8) is 0 Å². The summed E-state index contributed by atoms with van der Waals surface area (Å²) in [6.07, 6.45) is 0.680. The molecule has 0 bridgehead atoms. The molecule has 0 saturated carbocycles. The number of carbonyl (C=O) groups excluding carboxylic acids is 1. The van der Waals surface area contributed by atoms with Crippen LogP contribution in [0, 0.1) is 12.7 Å². The summed E-state index contributed by atoms with van der Waals surface area (Å²) in [4.78, 5) is 17.6. The molecule has 0 aliphatic heterocycles. The van der Waals surface area contributed by atoms with Crippen LogP contribution in [0.5, 0.6) is 11.5 Å². The highest BCUT2D eigenvalue weighted by Crippen LogP contribution is 2.28. The molecule has 0 atom stereocenters. The quantitative estimate of drug-likeness (QED) is 0.621. The smallest absolute Gasteiger partial charge is 0.257 e. The van der Waals surface area contributed by atoms with Crippen molar-refractivity contribution in [2.75, 3.05) is 20.3 Å². The predicted molar refractivity (Wildman–Crippen MR) is 107 cm³/mol. The monoisotopic (exact) mass is 400 g/mol. The SMILES string of the molecule is COc1ccc(OCC(=O)NCCc2sc(-c3ccc(F)cc3)nc2C)cc1. The molecule has 0 radical (unpaired) electrons. The molecule has 0 spiro atoms. The molecule has 0 fully saturated rings. The molecule has 0 aliphatic rings. The Morgan fingerprint density at radius 3 is 2.46 bits per heavy atom. The van der Waals surface area contributed by atoms with Gasteiger partial charge in [0.15, 0.2) is 6.61 Å². The third-order valence-electron chi connectivity index (χ3n) is 4.09. The second-order valence-corrected chi connectivity index (χ2v) is 7.18. The Labute approximate surface area is 167 Å². The number of aryl methyl sites for hydroxylation is 1. The summed E-state index contributed by atoms with van der Waals surface area (Å²) >= 11 is 1.56. The van der Waals surface area contributed by atoms with Crippen LogP contribution < -0.4 is 14.8 Å². The van der Waals surface area contributed by atoms with E-state index in [2.05, 4.69) is 10.3 Å². The zero-order valence-electron chi connectivity index (χ0n) is 15.7. The Morgan fingerprint density at radius 2 is 1.79 bits per heavy atom. The fourth-order valence-electron chi connectivity index (χ4n) is 2.56. The molecule has 3 rings (SSSR count). The highest BCUT2D eigenvalue weighted by molar-refractivity contribution is 7.15. The molecule has 1 heterocycles. The van der Waals surface area contributed by atoms with Gasteiger partial charge < -0.3 is 14.8 Å². The van der Waals surface area contributed by atoms with Gasteiger partial charge in [-0.2, -0.15) is 0 Å². The number of methoxy groups -OCH3 is 1. The van der Waals surface area contributed by atoms with Gasteiger partial charge in [-0.3, -0.25) is 4.79 Å². The molecule has 3 aromatic rings. The van der Waals surface area contributed by atoms with Crippen LogP contribution in [0.15, 0.2) is 48.5 Å². The van der Waals surface area contributed by atoms with Crippen LogP contribution in [-0.2, 0) is 11.2 Å². The van der Waals surface area contributed by atoms with Crippen LogP contribution in [0.25, 0.3) is 10.6 Å². The Hall–Kier alpha value is -2.93. The van der Waals surface area contributed by atoms with Gasteiger partial charge in [-0.15, -0.1) is 11.3 Å². The number of benzene rings is 2. The van der Waals surface area contributed by atoms with E-state index in [-0.39, 0.29) is 18.3 Å². The van der Waals surface area contributed by atoms with E-state index in [0.717, 1.165) is 26.9 Å². The zero-order chi connectivity index (χ0) is 19.9. The lowest BCUT2D eigenvalue weighted by Crippen LogP contribution is -2.30. The van der Waals surface area contributed by atoms with Gasteiger partial charge >= 0.3 is 0 Å². The minimum Gasteiger partial charge on any atom is -0.497 e. The fraction of sp³-hybridized carbons (Fsp3) is 0.238. The summed E-state index contributed by atoms with van der Waals surface area (Å²) in [6.45, 7) is 2.39. The molecule has 1 N–H and O–H groups in total. The van der Waals surface area contributed by atoms with E-state index >= 15 is 0 Å². The number of halogens is 1. The van der Waals surface area contributed by atoms with Gasteiger partial charge in [-0.1, -0.05) is 0 Å². The highest BCUT2D eigenvalue weighted by Gasteiger charge is 2.10. The largest absolute Gasteiger partial charge is 0.497 e. The van der Waals surface area contributed by atoms with Crippen molar-refractivity contribution in [1.82, 2.24) is 10.3 Å². The number of thiazole rings is 1. The lowest BCUT2D eigenvalue weighted by atomic mass is 10.2. The third kappa shape index (κ3) is 5.29. The number of hydrogen-bond donors (Lipinski definition) is 1. The molecular formula is C21H21FN2O3S. The second kappa shape index (κ2) is 9.32. The molecular weight excluding hydrogens is 379 g/mol. The maximum atomic E-state index is 13.1. The summed E-state index contributed by atoms with van der Waals surface area (Å²) in [6, 6.07) is 13.3. The third-order valence-corrected chi connectivity index (χ3v) is 5.35. The molecule has 1 aromatic heterocycles. The van der Waals surface area contributed by atoms with E-state index in [0.29, 0.717) is 18.7 Å². The standard InChI is InChI=1S/C21H21FN2O3S/c1-14-19(28-21(24-14)15-3-5-16(22)6-4-15)11-12-23-20(25)13-27-18-9-7-17(26-2)8-10-18/h3-10H,11-13H2,1-2H3,(H,23,25). The zero-order valence-corrected chi connectivity index (χ0v) is 16.5. The van der Waals surface area contributed by atoms with E-state index in [1.165, 1.54) is 12.1 Å². The van der Waals surface area contributed by atoms with Gasteiger partial charge in [-0.25, -0.2) is 9.37 Å². The van der Waals surface area contributed by atoms with Crippen molar-refractivity contribution < 1.29 is 18.7 Å². The van der Waals surface area contributed by atoms with E-state index < -0.39 is 0 Å². The lowest BCUT2D eigenvalue weighted by molar-refractivity contribution is -0.123. The second-order valence-electron chi connectivity index (χ2n) is 6.10. The van der Waals surface area contributed by atoms with Crippen LogP contribution in [0.4, 0.5) is 4.39 Å². The number of rotatable bonds is 8. The Balaban J connectivity index is 1.46.